The first-order chi connectivity index (χ1) is 21.0. The van der Waals surface area contributed by atoms with Gasteiger partial charge >= 0.3 is 7.32 Å². The first-order valence-electron chi connectivity index (χ1n) is 15.1. The van der Waals surface area contributed by atoms with Gasteiger partial charge in [0.1, 0.15) is 0 Å². The molecule has 0 radical (unpaired) electrons. The van der Waals surface area contributed by atoms with Crippen molar-refractivity contribution in [1.29, 1.82) is 0 Å². The average molecular weight is 609 g/mol. The van der Waals surface area contributed by atoms with Crippen molar-refractivity contribution in [3.63, 3.8) is 0 Å². The second kappa shape index (κ2) is 18.4. The second-order valence-corrected chi connectivity index (χ2v) is 9.28. The zero-order valence-corrected chi connectivity index (χ0v) is 26.2. The lowest BCUT2D eigenvalue weighted by Gasteiger charge is -2.17. The summed E-state index contributed by atoms with van der Waals surface area (Å²) in [6.07, 6.45) is 4.72. The highest BCUT2D eigenvalue weighted by Crippen LogP contribution is 2.22. The molecule has 240 valence electrons. The Kier molecular flexibility index (Phi) is 14.3. The van der Waals surface area contributed by atoms with Crippen LogP contribution in [0.2, 0.25) is 0 Å². The molecule has 0 fully saturated rings. The van der Waals surface area contributed by atoms with Gasteiger partial charge in [0, 0.05) is 0 Å². The van der Waals surface area contributed by atoms with Crippen LogP contribution in [0.4, 0.5) is 0 Å². The SMILES string of the molecule is CCCOc1cc(OCCC)n(OB(On2nc(OCCC)cc2OCCC)On2nc(OCCC)cc2OCCC)n1. The lowest BCUT2D eigenvalue weighted by atomic mass is 10.3. The maximum Gasteiger partial charge on any atom is 0.929 e. The molecule has 3 aromatic heterocycles. The monoisotopic (exact) mass is 608 g/mol. The van der Waals surface area contributed by atoms with E-state index in [9.17, 15) is 0 Å². The summed E-state index contributed by atoms with van der Waals surface area (Å²) in [4.78, 5) is 3.38. The fourth-order valence-corrected chi connectivity index (χ4v) is 3.26. The molecular formula is C27H45BN6O9. The fraction of sp³-hybridized carbons (Fsp3) is 0.667. The summed E-state index contributed by atoms with van der Waals surface area (Å²) in [5.74, 6) is 1.80. The predicted molar refractivity (Wildman–Crippen MR) is 157 cm³/mol. The third-order valence-electron chi connectivity index (χ3n) is 5.16. The number of ether oxygens (including phenoxy) is 6. The Balaban J connectivity index is 1.97. The molecule has 0 unspecified atom stereocenters. The van der Waals surface area contributed by atoms with Gasteiger partial charge in [0.25, 0.3) is 17.6 Å². The highest BCUT2D eigenvalue weighted by atomic mass is 16.9. The Morgan fingerprint density at radius 3 is 0.953 bits per heavy atom. The van der Waals surface area contributed by atoms with E-state index in [4.69, 9.17) is 42.7 Å². The normalized spacial score (nSPS) is 10.7. The van der Waals surface area contributed by atoms with Crippen molar-refractivity contribution >= 4 is 7.32 Å². The van der Waals surface area contributed by atoms with Gasteiger partial charge in [0.05, 0.1) is 57.8 Å². The van der Waals surface area contributed by atoms with Crippen LogP contribution in [0.25, 0.3) is 0 Å². The lowest BCUT2D eigenvalue weighted by Crippen LogP contribution is -2.49. The minimum Gasteiger partial charge on any atom is -0.476 e. The van der Waals surface area contributed by atoms with Gasteiger partial charge in [-0.25, -0.2) is 0 Å². The first-order valence-corrected chi connectivity index (χ1v) is 15.1. The van der Waals surface area contributed by atoms with Gasteiger partial charge in [-0.2, -0.15) is 0 Å². The van der Waals surface area contributed by atoms with E-state index in [2.05, 4.69) is 15.3 Å². The number of aromatic nitrogens is 6. The van der Waals surface area contributed by atoms with Crippen LogP contribution in [0.5, 0.6) is 35.3 Å². The number of rotatable bonds is 24. The minimum absolute atomic E-state index is 0.287. The Morgan fingerprint density at radius 2 is 0.698 bits per heavy atom. The molecule has 16 heteroatoms. The third kappa shape index (κ3) is 10.6. The second-order valence-electron chi connectivity index (χ2n) is 9.28. The zero-order chi connectivity index (χ0) is 30.9. The molecule has 0 amide bonds. The van der Waals surface area contributed by atoms with E-state index >= 15 is 0 Å². The number of nitrogens with zero attached hydrogens (tertiary/aromatic N) is 6. The van der Waals surface area contributed by atoms with Crippen LogP contribution < -0.4 is 42.7 Å². The summed E-state index contributed by atoms with van der Waals surface area (Å²) < 4.78 is 52.8. The summed E-state index contributed by atoms with van der Waals surface area (Å²) in [6.45, 7) is 14.7. The summed E-state index contributed by atoms with van der Waals surface area (Å²) in [5.41, 5.74) is 0. The minimum atomic E-state index is -1.55. The summed E-state index contributed by atoms with van der Waals surface area (Å²) in [7, 11) is -1.55. The molecule has 0 saturated carbocycles. The van der Waals surface area contributed by atoms with Crippen molar-refractivity contribution in [2.24, 2.45) is 0 Å². The van der Waals surface area contributed by atoms with Gasteiger partial charge in [0.15, 0.2) is 0 Å². The zero-order valence-electron chi connectivity index (χ0n) is 26.2. The van der Waals surface area contributed by atoms with Gasteiger partial charge in [0.2, 0.25) is 17.6 Å². The van der Waals surface area contributed by atoms with E-state index in [1.54, 1.807) is 18.2 Å². The van der Waals surface area contributed by atoms with E-state index in [0.717, 1.165) is 53.1 Å². The van der Waals surface area contributed by atoms with Crippen LogP contribution in [0, 0.1) is 0 Å². The van der Waals surface area contributed by atoms with Crippen molar-refractivity contribution in [2.75, 3.05) is 39.6 Å². The summed E-state index contributed by atoms with van der Waals surface area (Å²) in [6, 6.07) is 4.88. The lowest BCUT2D eigenvalue weighted by molar-refractivity contribution is 0.0177. The van der Waals surface area contributed by atoms with E-state index < -0.39 is 7.32 Å². The molecule has 0 aromatic carbocycles. The smallest absolute Gasteiger partial charge is 0.476 e. The van der Waals surface area contributed by atoms with Crippen LogP contribution in [0.3, 0.4) is 0 Å². The molecule has 0 atom stereocenters. The van der Waals surface area contributed by atoms with E-state index in [-0.39, 0.29) is 17.6 Å². The molecule has 0 spiro atoms. The van der Waals surface area contributed by atoms with Crippen LogP contribution >= 0.6 is 0 Å². The first kappa shape index (κ1) is 33.4. The summed E-state index contributed by atoms with van der Waals surface area (Å²) >= 11 is 0. The molecule has 0 saturated heterocycles. The van der Waals surface area contributed by atoms with Gasteiger partial charge in [-0.3, -0.25) is 0 Å². The number of hydrogen-bond donors (Lipinski definition) is 0. The summed E-state index contributed by atoms with van der Waals surface area (Å²) in [5, 5.41) is 13.1. The van der Waals surface area contributed by atoms with Gasteiger partial charge in [-0.15, -0.1) is 0 Å². The van der Waals surface area contributed by atoms with Crippen molar-refractivity contribution < 1.29 is 42.7 Å². The van der Waals surface area contributed by atoms with Crippen molar-refractivity contribution in [1.82, 2.24) is 29.8 Å². The largest absolute Gasteiger partial charge is 0.929 e. The molecule has 0 aliphatic heterocycles. The molecule has 0 N–H and O–H groups in total. The maximum absolute atomic E-state index is 6.05. The van der Waals surface area contributed by atoms with Gasteiger partial charge < -0.3 is 42.7 Å². The van der Waals surface area contributed by atoms with E-state index in [0.29, 0.717) is 57.3 Å². The van der Waals surface area contributed by atoms with Crippen molar-refractivity contribution in [2.45, 2.75) is 80.1 Å². The third-order valence-corrected chi connectivity index (χ3v) is 5.16. The molecule has 0 aliphatic rings. The fourth-order valence-electron chi connectivity index (χ4n) is 3.26. The molecule has 3 aromatic rings. The highest BCUT2D eigenvalue weighted by Gasteiger charge is 2.38. The Hall–Kier alpha value is -4.11. The molecule has 3 rings (SSSR count). The molecule has 0 aliphatic carbocycles. The quantitative estimate of drug-likeness (QED) is 0.137. The van der Waals surface area contributed by atoms with E-state index in [1.165, 1.54) is 0 Å². The van der Waals surface area contributed by atoms with Crippen LogP contribution in [-0.2, 0) is 0 Å². The highest BCUT2D eigenvalue weighted by molar-refractivity contribution is 6.37. The predicted octanol–water partition coefficient (Wildman–Crippen LogP) is 3.68. The molecular weight excluding hydrogens is 563 g/mol. The van der Waals surface area contributed by atoms with Crippen molar-refractivity contribution in [3.8, 4) is 35.3 Å². The molecule has 15 nitrogen and oxygen atoms in total. The topological polar surface area (TPSA) is 137 Å². The molecule has 0 bridgehead atoms. The van der Waals surface area contributed by atoms with Gasteiger partial charge in [-0.05, 0) is 38.5 Å². The Labute approximate surface area is 253 Å². The molecule has 43 heavy (non-hydrogen) atoms. The van der Waals surface area contributed by atoms with E-state index in [1.807, 2.05) is 41.5 Å². The van der Waals surface area contributed by atoms with Crippen LogP contribution in [0.1, 0.15) is 80.1 Å². The van der Waals surface area contributed by atoms with Crippen molar-refractivity contribution in [3.05, 3.63) is 18.2 Å². The average Bonchev–Trinajstić information content (AvgIpc) is 3.71. The van der Waals surface area contributed by atoms with Gasteiger partial charge in [-0.1, -0.05) is 71.4 Å². The Morgan fingerprint density at radius 1 is 0.442 bits per heavy atom. The standard InChI is InChI=1S/C27H45BN6O9/c1-7-13-35-22-19-25(38-16-10-4)32(29-22)41-28(42-33-26(39-17-11-5)20-23(30-33)36-14-8-2)43-34-27(40-18-12-6)21-24(31-34)37-15-9-3/h19-21H,7-18H2,1-6H3. The maximum atomic E-state index is 6.05. The van der Waals surface area contributed by atoms with Crippen LogP contribution in [0.15, 0.2) is 18.2 Å². The molecule has 3 heterocycles. The number of hydrogen-bond acceptors (Lipinski definition) is 12. The van der Waals surface area contributed by atoms with Crippen LogP contribution in [-0.4, -0.2) is 76.8 Å². The Bertz CT molecular complexity index is 1040.